The highest BCUT2D eigenvalue weighted by atomic mass is 16.2. The smallest absolute Gasteiger partial charge is 0.247 e. The molecule has 0 spiro atoms. The lowest BCUT2D eigenvalue weighted by atomic mass is 10.0. The van der Waals surface area contributed by atoms with Crippen LogP contribution >= 0.6 is 0 Å². The van der Waals surface area contributed by atoms with Crippen LogP contribution < -0.4 is 5.32 Å². The van der Waals surface area contributed by atoms with Crippen molar-refractivity contribution in [1.82, 2.24) is 10.2 Å². The molecule has 2 amide bonds. The van der Waals surface area contributed by atoms with Crippen LogP contribution in [0.3, 0.4) is 0 Å². The second-order valence-corrected chi connectivity index (χ2v) is 5.97. The predicted octanol–water partition coefficient (Wildman–Crippen LogP) is 3.69. The van der Waals surface area contributed by atoms with Gasteiger partial charge in [-0.2, -0.15) is 0 Å². The van der Waals surface area contributed by atoms with Crippen molar-refractivity contribution in [3.05, 3.63) is 71.8 Å². The van der Waals surface area contributed by atoms with Gasteiger partial charge in [-0.15, -0.1) is 0 Å². The zero-order valence-corrected chi connectivity index (χ0v) is 14.9. The van der Waals surface area contributed by atoms with Crippen molar-refractivity contribution < 1.29 is 9.59 Å². The predicted molar refractivity (Wildman–Crippen MR) is 99.8 cm³/mol. The third-order valence-corrected chi connectivity index (χ3v) is 4.01. The van der Waals surface area contributed by atoms with E-state index in [4.69, 9.17) is 0 Å². The summed E-state index contributed by atoms with van der Waals surface area (Å²) in [5.41, 5.74) is 1.84. The fraction of sp³-hybridized carbons (Fsp3) is 0.333. The summed E-state index contributed by atoms with van der Waals surface area (Å²) in [6.07, 6.45) is 1.18. The van der Waals surface area contributed by atoms with Gasteiger partial charge in [0.15, 0.2) is 0 Å². The summed E-state index contributed by atoms with van der Waals surface area (Å²) in [5.74, 6) is -0.152. The molecule has 2 aromatic carbocycles. The molecular weight excluding hydrogens is 312 g/mol. The molecule has 2 rings (SSSR count). The molecule has 2 aromatic rings. The van der Waals surface area contributed by atoms with Gasteiger partial charge in [0, 0.05) is 19.5 Å². The molecule has 0 aliphatic carbocycles. The van der Waals surface area contributed by atoms with Gasteiger partial charge in [-0.25, -0.2) is 0 Å². The quantitative estimate of drug-likeness (QED) is 0.798. The second kappa shape index (κ2) is 9.62. The Balaban J connectivity index is 2.40. The van der Waals surface area contributed by atoms with Crippen LogP contribution in [-0.2, 0) is 16.1 Å². The first-order valence-electron chi connectivity index (χ1n) is 8.83. The largest absolute Gasteiger partial charge is 0.354 e. The molecule has 0 saturated carbocycles. The van der Waals surface area contributed by atoms with Crippen LogP contribution in [0.15, 0.2) is 60.7 Å². The van der Waals surface area contributed by atoms with Crippen LogP contribution in [0.4, 0.5) is 0 Å². The van der Waals surface area contributed by atoms with Crippen molar-refractivity contribution in [3.8, 4) is 0 Å². The topological polar surface area (TPSA) is 49.4 Å². The van der Waals surface area contributed by atoms with Crippen LogP contribution in [0, 0.1) is 0 Å². The van der Waals surface area contributed by atoms with Gasteiger partial charge in [-0.05, 0) is 24.5 Å². The summed E-state index contributed by atoms with van der Waals surface area (Å²) in [4.78, 5) is 27.3. The van der Waals surface area contributed by atoms with Crippen molar-refractivity contribution in [2.75, 3.05) is 6.54 Å². The van der Waals surface area contributed by atoms with Crippen LogP contribution in [0.2, 0.25) is 0 Å². The summed E-state index contributed by atoms with van der Waals surface area (Å²) in [6, 6.07) is 18.7. The molecule has 0 aromatic heterocycles. The summed E-state index contributed by atoms with van der Waals surface area (Å²) >= 11 is 0. The average molecular weight is 338 g/mol. The van der Waals surface area contributed by atoms with Gasteiger partial charge < -0.3 is 10.2 Å². The Labute approximate surface area is 149 Å². The van der Waals surface area contributed by atoms with Crippen molar-refractivity contribution in [2.24, 2.45) is 0 Å². The van der Waals surface area contributed by atoms with Crippen molar-refractivity contribution in [2.45, 2.75) is 39.3 Å². The molecule has 0 bridgehead atoms. The van der Waals surface area contributed by atoms with Gasteiger partial charge in [-0.1, -0.05) is 67.6 Å². The molecule has 0 aliphatic rings. The minimum atomic E-state index is -0.625. The van der Waals surface area contributed by atoms with Gasteiger partial charge in [-0.3, -0.25) is 9.59 Å². The number of nitrogens with one attached hydrogen (secondary N) is 1. The normalized spacial score (nSPS) is 11.6. The number of carbonyl (C=O) groups is 2. The maximum atomic E-state index is 12.8. The molecule has 0 saturated heterocycles. The molecule has 4 heteroatoms. The Hall–Kier alpha value is -2.62. The van der Waals surface area contributed by atoms with Crippen LogP contribution in [-0.4, -0.2) is 23.3 Å². The zero-order chi connectivity index (χ0) is 18.1. The molecular formula is C21H26N2O2. The first-order valence-corrected chi connectivity index (χ1v) is 8.83. The zero-order valence-electron chi connectivity index (χ0n) is 14.9. The van der Waals surface area contributed by atoms with Gasteiger partial charge in [0.05, 0.1) is 0 Å². The number of likely N-dealkylation sites (N-methyl/N-ethyl adjacent to an activating group) is 1. The third-order valence-electron chi connectivity index (χ3n) is 4.01. The molecule has 1 atom stereocenters. The standard InChI is InChI=1S/C21H26N2O2/c1-3-11-19(24)23(16-17-12-7-5-8-13-17)20(21(25)22-4-2)18-14-9-6-10-15-18/h5-10,12-15,20H,3-4,11,16H2,1-2H3,(H,22,25). The lowest BCUT2D eigenvalue weighted by Crippen LogP contribution is -2.43. The number of benzene rings is 2. The molecule has 1 N–H and O–H groups in total. The lowest BCUT2D eigenvalue weighted by Gasteiger charge is -2.31. The number of hydrogen-bond acceptors (Lipinski definition) is 2. The SMILES string of the molecule is CCCC(=O)N(Cc1ccccc1)C(C(=O)NCC)c1ccccc1. The molecule has 0 heterocycles. The van der Waals surface area contributed by atoms with E-state index in [-0.39, 0.29) is 11.8 Å². The lowest BCUT2D eigenvalue weighted by molar-refractivity contribution is -0.141. The highest BCUT2D eigenvalue weighted by molar-refractivity contribution is 5.88. The minimum Gasteiger partial charge on any atom is -0.354 e. The molecule has 0 radical (unpaired) electrons. The van der Waals surface area contributed by atoms with Crippen LogP contribution in [0.5, 0.6) is 0 Å². The number of hydrogen-bond donors (Lipinski definition) is 1. The molecule has 0 aliphatic heterocycles. The molecule has 4 nitrogen and oxygen atoms in total. The number of rotatable bonds is 8. The average Bonchev–Trinajstić information content (AvgIpc) is 2.63. The van der Waals surface area contributed by atoms with Gasteiger partial charge in [0.1, 0.15) is 6.04 Å². The Kier molecular flexibility index (Phi) is 7.20. The van der Waals surface area contributed by atoms with Crippen LogP contribution in [0.1, 0.15) is 43.9 Å². The van der Waals surface area contributed by atoms with Crippen LogP contribution in [0.25, 0.3) is 0 Å². The van der Waals surface area contributed by atoms with Crippen molar-refractivity contribution in [3.63, 3.8) is 0 Å². The maximum absolute atomic E-state index is 12.8. The van der Waals surface area contributed by atoms with E-state index < -0.39 is 6.04 Å². The highest BCUT2D eigenvalue weighted by Crippen LogP contribution is 2.24. The first-order chi connectivity index (χ1) is 12.2. The van der Waals surface area contributed by atoms with E-state index in [2.05, 4.69) is 5.32 Å². The fourth-order valence-corrected chi connectivity index (χ4v) is 2.84. The Morgan fingerprint density at radius 1 is 0.960 bits per heavy atom. The summed E-state index contributed by atoms with van der Waals surface area (Å²) < 4.78 is 0. The summed E-state index contributed by atoms with van der Waals surface area (Å²) in [5, 5.41) is 2.87. The van der Waals surface area contributed by atoms with Crippen molar-refractivity contribution >= 4 is 11.8 Å². The third kappa shape index (κ3) is 5.18. The van der Waals surface area contributed by atoms with Gasteiger partial charge in [0.2, 0.25) is 11.8 Å². The minimum absolute atomic E-state index is 0.00791. The van der Waals surface area contributed by atoms with Crippen molar-refractivity contribution in [1.29, 1.82) is 0 Å². The van der Waals surface area contributed by atoms with E-state index in [9.17, 15) is 9.59 Å². The summed E-state index contributed by atoms with van der Waals surface area (Å²) in [6.45, 7) is 4.80. The Morgan fingerprint density at radius 2 is 1.56 bits per heavy atom. The number of nitrogens with zero attached hydrogens (tertiary/aromatic N) is 1. The molecule has 132 valence electrons. The van der Waals surface area contributed by atoms with E-state index >= 15 is 0 Å². The monoisotopic (exact) mass is 338 g/mol. The summed E-state index contributed by atoms with van der Waals surface area (Å²) in [7, 11) is 0. The van der Waals surface area contributed by atoms with E-state index in [0.29, 0.717) is 19.5 Å². The van der Waals surface area contributed by atoms with E-state index in [1.807, 2.05) is 74.5 Å². The Morgan fingerprint density at radius 3 is 2.12 bits per heavy atom. The molecule has 1 unspecified atom stereocenters. The van der Waals surface area contributed by atoms with E-state index in [0.717, 1.165) is 17.5 Å². The second-order valence-electron chi connectivity index (χ2n) is 5.97. The van der Waals surface area contributed by atoms with Gasteiger partial charge >= 0.3 is 0 Å². The Bertz CT molecular complexity index is 671. The number of carbonyl (C=O) groups excluding carboxylic acids is 2. The first kappa shape index (κ1) is 18.7. The van der Waals surface area contributed by atoms with E-state index in [1.54, 1.807) is 4.90 Å². The maximum Gasteiger partial charge on any atom is 0.247 e. The number of amides is 2. The molecule has 25 heavy (non-hydrogen) atoms. The highest BCUT2D eigenvalue weighted by Gasteiger charge is 2.30. The fourth-order valence-electron chi connectivity index (χ4n) is 2.84. The van der Waals surface area contributed by atoms with E-state index in [1.165, 1.54) is 0 Å². The molecule has 0 fully saturated rings. The van der Waals surface area contributed by atoms with Gasteiger partial charge in [0.25, 0.3) is 0 Å².